The second-order valence-corrected chi connectivity index (χ2v) is 10.3. The number of carbonyl (C=O) groups is 1. The number of benzene rings is 2. The van der Waals surface area contributed by atoms with Gasteiger partial charge in [-0.1, -0.05) is 46.9 Å². The zero-order chi connectivity index (χ0) is 21.6. The molecule has 0 fully saturated rings. The number of sulfonamides is 1. The first kappa shape index (κ1) is 24.3. The zero-order valence-electron chi connectivity index (χ0n) is 15.8. The van der Waals surface area contributed by atoms with E-state index < -0.39 is 22.0 Å². The Morgan fingerprint density at radius 2 is 1.69 bits per heavy atom. The van der Waals surface area contributed by atoms with Gasteiger partial charge in [-0.2, -0.15) is 16.5 Å². The summed E-state index contributed by atoms with van der Waals surface area (Å²) in [6.45, 7) is 1.81. The monoisotopic (exact) mass is 494 g/mol. The first-order valence-electron chi connectivity index (χ1n) is 8.66. The van der Waals surface area contributed by atoms with Crippen molar-refractivity contribution in [3.8, 4) is 0 Å². The van der Waals surface area contributed by atoms with Gasteiger partial charge in [0.1, 0.15) is 10.9 Å². The molecule has 2 atom stereocenters. The maximum absolute atomic E-state index is 12.8. The lowest BCUT2D eigenvalue weighted by atomic mass is 10.1. The third-order valence-corrected chi connectivity index (χ3v) is 7.22. The van der Waals surface area contributed by atoms with Crippen molar-refractivity contribution in [1.29, 1.82) is 0 Å². The maximum atomic E-state index is 12.8. The Morgan fingerprint density at radius 1 is 1.07 bits per heavy atom. The second kappa shape index (κ2) is 10.9. The molecular formula is C19H21Cl3N2O3S2. The first-order chi connectivity index (χ1) is 13.6. The molecule has 0 saturated carbocycles. The van der Waals surface area contributed by atoms with E-state index in [4.69, 9.17) is 34.8 Å². The van der Waals surface area contributed by atoms with Crippen LogP contribution in [0.5, 0.6) is 0 Å². The van der Waals surface area contributed by atoms with Crippen molar-refractivity contribution in [2.75, 3.05) is 12.0 Å². The fourth-order valence-electron chi connectivity index (χ4n) is 2.56. The van der Waals surface area contributed by atoms with Gasteiger partial charge in [0.15, 0.2) is 0 Å². The number of nitrogens with one attached hydrogen (secondary N) is 2. The Hall–Kier alpha value is -0.960. The lowest BCUT2D eigenvalue weighted by molar-refractivity contribution is -0.123. The fourth-order valence-corrected chi connectivity index (χ4v) is 5.15. The van der Waals surface area contributed by atoms with Crippen LogP contribution in [0.25, 0.3) is 0 Å². The van der Waals surface area contributed by atoms with Crippen LogP contribution in [0.2, 0.25) is 15.1 Å². The van der Waals surface area contributed by atoms with Crippen molar-refractivity contribution >= 4 is 62.5 Å². The summed E-state index contributed by atoms with van der Waals surface area (Å²) >= 11 is 19.4. The van der Waals surface area contributed by atoms with Crippen molar-refractivity contribution in [1.82, 2.24) is 10.0 Å². The molecule has 2 aromatic carbocycles. The van der Waals surface area contributed by atoms with Gasteiger partial charge in [-0.3, -0.25) is 4.79 Å². The molecule has 0 radical (unpaired) electrons. The molecule has 0 aliphatic rings. The minimum absolute atomic E-state index is 0.0282. The lowest BCUT2D eigenvalue weighted by Gasteiger charge is -2.22. The summed E-state index contributed by atoms with van der Waals surface area (Å²) in [6.07, 6.45) is 2.20. The number of halogens is 3. The molecule has 0 spiro atoms. The highest BCUT2D eigenvalue weighted by Gasteiger charge is 2.28. The van der Waals surface area contributed by atoms with Gasteiger partial charge in [-0.05, 0) is 61.2 Å². The Balaban J connectivity index is 2.20. The van der Waals surface area contributed by atoms with Crippen molar-refractivity contribution in [2.45, 2.75) is 30.3 Å². The van der Waals surface area contributed by atoms with Gasteiger partial charge in [0.05, 0.1) is 11.1 Å². The largest absolute Gasteiger partial charge is 0.348 e. The predicted octanol–water partition coefficient (Wildman–Crippen LogP) is 4.92. The summed E-state index contributed by atoms with van der Waals surface area (Å²) in [5, 5.41) is 3.70. The number of rotatable bonds is 9. The standard InChI is InChI=1S/C19H21Cl3N2O3S2/c1-12(13-3-5-14(20)6-4-13)23-19(25)17(9-10-28-2)24-29(26,27)18-11-15(21)7-8-16(18)22/h3-8,11-12,17,24H,9-10H2,1-2H3,(H,23,25). The molecule has 0 heterocycles. The number of hydrogen-bond donors (Lipinski definition) is 2. The van der Waals surface area contributed by atoms with E-state index in [2.05, 4.69) is 10.0 Å². The molecule has 10 heteroatoms. The highest BCUT2D eigenvalue weighted by molar-refractivity contribution is 7.98. The first-order valence-corrected chi connectivity index (χ1v) is 12.7. The van der Waals surface area contributed by atoms with Gasteiger partial charge >= 0.3 is 0 Å². The summed E-state index contributed by atoms with van der Waals surface area (Å²) in [7, 11) is -4.05. The summed E-state index contributed by atoms with van der Waals surface area (Å²) in [5.41, 5.74) is 0.854. The van der Waals surface area contributed by atoms with Crippen LogP contribution in [0, 0.1) is 0 Å². The minimum Gasteiger partial charge on any atom is -0.348 e. The Morgan fingerprint density at radius 3 is 2.31 bits per heavy atom. The van der Waals surface area contributed by atoms with Crippen LogP contribution in [-0.2, 0) is 14.8 Å². The molecule has 5 nitrogen and oxygen atoms in total. The molecule has 1 amide bonds. The lowest BCUT2D eigenvalue weighted by Crippen LogP contribution is -2.47. The fraction of sp³-hybridized carbons (Fsp3) is 0.316. The molecule has 0 aliphatic carbocycles. The normalized spacial score (nSPS) is 13.7. The Labute approximate surface area is 190 Å². The SMILES string of the molecule is CSCCC(NS(=O)(=O)c1cc(Cl)ccc1Cl)C(=O)NC(C)c1ccc(Cl)cc1. The van der Waals surface area contributed by atoms with Crippen molar-refractivity contribution in [3.05, 3.63) is 63.1 Å². The number of hydrogen-bond acceptors (Lipinski definition) is 4. The Kier molecular flexibility index (Phi) is 9.13. The van der Waals surface area contributed by atoms with Gasteiger partial charge in [-0.15, -0.1) is 0 Å². The number of thioether (sulfide) groups is 1. The second-order valence-electron chi connectivity index (χ2n) is 6.31. The molecular weight excluding hydrogens is 475 g/mol. The highest BCUT2D eigenvalue weighted by Crippen LogP contribution is 2.25. The zero-order valence-corrected chi connectivity index (χ0v) is 19.7. The Bertz CT molecular complexity index is 954. The molecule has 2 unspecified atom stereocenters. The van der Waals surface area contributed by atoms with Crippen LogP contribution >= 0.6 is 46.6 Å². The summed E-state index contributed by atoms with van der Waals surface area (Å²) in [4.78, 5) is 12.7. The average molecular weight is 496 g/mol. The van der Waals surface area contributed by atoms with Crippen LogP contribution in [0.3, 0.4) is 0 Å². The number of amides is 1. The van der Waals surface area contributed by atoms with Gasteiger partial charge in [0, 0.05) is 10.0 Å². The van der Waals surface area contributed by atoms with Crippen LogP contribution in [0.1, 0.15) is 24.9 Å². The van der Waals surface area contributed by atoms with Crippen LogP contribution in [-0.4, -0.2) is 32.4 Å². The van der Waals surface area contributed by atoms with Crippen molar-refractivity contribution in [3.63, 3.8) is 0 Å². The van der Waals surface area contributed by atoms with E-state index in [0.717, 1.165) is 5.56 Å². The van der Waals surface area contributed by atoms with Gasteiger partial charge in [0.2, 0.25) is 15.9 Å². The van der Waals surface area contributed by atoms with Crippen LogP contribution in [0.15, 0.2) is 47.4 Å². The molecule has 2 rings (SSSR count). The van der Waals surface area contributed by atoms with Gasteiger partial charge in [0.25, 0.3) is 0 Å². The average Bonchev–Trinajstić information content (AvgIpc) is 2.67. The van der Waals surface area contributed by atoms with E-state index in [-0.39, 0.29) is 21.0 Å². The molecule has 0 aromatic heterocycles. The third-order valence-electron chi connectivity index (χ3n) is 4.14. The van der Waals surface area contributed by atoms with E-state index in [0.29, 0.717) is 17.2 Å². The molecule has 0 aliphatic heterocycles. The molecule has 2 N–H and O–H groups in total. The van der Waals surface area contributed by atoms with E-state index in [1.54, 1.807) is 24.3 Å². The maximum Gasteiger partial charge on any atom is 0.242 e. The summed E-state index contributed by atoms with van der Waals surface area (Å²) in [5.74, 6) is 0.169. The molecule has 158 valence electrons. The molecule has 0 bridgehead atoms. The molecule has 0 saturated heterocycles. The minimum atomic E-state index is -4.05. The smallest absolute Gasteiger partial charge is 0.242 e. The van der Waals surface area contributed by atoms with Crippen LogP contribution < -0.4 is 10.0 Å². The van der Waals surface area contributed by atoms with E-state index in [9.17, 15) is 13.2 Å². The summed E-state index contributed by atoms with van der Waals surface area (Å²) < 4.78 is 28.1. The van der Waals surface area contributed by atoms with Gasteiger partial charge in [-0.25, -0.2) is 8.42 Å². The van der Waals surface area contributed by atoms with E-state index in [1.165, 1.54) is 30.0 Å². The van der Waals surface area contributed by atoms with E-state index >= 15 is 0 Å². The molecule has 29 heavy (non-hydrogen) atoms. The van der Waals surface area contributed by atoms with E-state index in [1.807, 2.05) is 13.2 Å². The number of carbonyl (C=O) groups excluding carboxylic acids is 1. The van der Waals surface area contributed by atoms with Crippen molar-refractivity contribution in [2.24, 2.45) is 0 Å². The summed E-state index contributed by atoms with van der Waals surface area (Å²) in [6, 6.07) is 9.94. The van der Waals surface area contributed by atoms with Gasteiger partial charge < -0.3 is 5.32 Å². The predicted molar refractivity (Wildman–Crippen MR) is 122 cm³/mol. The highest BCUT2D eigenvalue weighted by atomic mass is 35.5. The quantitative estimate of drug-likeness (QED) is 0.517. The third kappa shape index (κ3) is 7.05. The molecule has 2 aromatic rings. The topological polar surface area (TPSA) is 75.3 Å². The van der Waals surface area contributed by atoms with Crippen LogP contribution in [0.4, 0.5) is 0 Å². The van der Waals surface area contributed by atoms with Crippen molar-refractivity contribution < 1.29 is 13.2 Å².